The highest BCUT2D eigenvalue weighted by Crippen LogP contribution is 2.57. The van der Waals surface area contributed by atoms with E-state index in [0.717, 1.165) is 37.0 Å². The molecule has 1 aromatic carbocycles. The van der Waals surface area contributed by atoms with Gasteiger partial charge in [-0.2, -0.15) is 0 Å². The van der Waals surface area contributed by atoms with E-state index in [4.69, 9.17) is 21.1 Å². The Kier molecular flexibility index (Phi) is 4.97. The van der Waals surface area contributed by atoms with Crippen molar-refractivity contribution < 1.29 is 17.9 Å². The van der Waals surface area contributed by atoms with Crippen LogP contribution in [0.15, 0.2) is 23.1 Å². The van der Waals surface area contributed by atoms with E-state index in [1.54, 1.807) is 0 Å². The van der Waals surface area contributed by atoms with Gasteiger partial charge in [0.2, 0.25) is 10.0 Å². The minimum atomic E-state index is -3.61. The van der Waals surface area contributed by atoms with Crippen molar-refractivity contribution in [2.75, 3.05) is 20.3 Å². The molecule has 0 saturated heterocycles. The Morgan fingerprint density at radius 1 is 1.15 bits per heavy atom. The van der Waals surface area contributed by atoms with Crippen LogP contribution in [0.4, 0.5) is 0 Å². The van der Waals surface area contributed by atoms with E-state index in [0.29, 0.717) is 17.4 Å². The van der Waals surface area contributed by atoms with Gasteiger partial charge in [-0.25, -0.2) is 13.1 Å². The van der Waals surface area contributed by atoms with E-state index >= 15 is 0 Å². The third-order valence-corrected chi connectivity index (χ3v) is 7.99. The summed E-state index contributed by atoms with van der Waals surface area (Å²) in [6.07, 6.45) is 7.56. The molecule has 4 aliphatic carbocycles. The van der Waals surface area contributed by atoms with E-state index in [-0.39, 0.29) is 17.0 Å². The molecule has 4 bridgehead atoms. The quantitative estimate of drug-likeness (QED) is 0.711. The number of rotatable bonds is 7. The van der Waals surface area contributed by atoms with Crippen LogP contribution in [0.1, 0.15) is 38.5 Å². The molecule has 4 aliphatic rings. The van der Waals surface area contributed by atoms with Crippen molar-refractivity contribution in [2.24, 2.45) is 17.8 Å². The Morgan fingerprint density at radius 3 is 2.35 bits per heavy atom. The van der Waals surface area contributed by atoms with Crippen LogP contribution in [0.3, 0.4) is 0 Å². The van der Waals surface area contributed by atoms with E-state index < -0.39 is 10.0 Å². The van der Waals surface area contributed by atoms with E-state index in [2.05, 4.69) is 4.72 Å². The highest BCUT2D eigenvalue weighted by Gasteiger charge is 2.51. The van der Waals surface area contributed by atoms with Gasteiger partial charge in [-0.3, -0.25) is 0 Å². The van der Waals surface area contributed by atoms with Gasteiger partial charge >= 0.3 is 0 Å². The molecule has 0 unspecified atom stereocenters. The van der Waals surface area contributed by atoms with Gasteiger partial charge < -0.3 is 9.47 Å². The molecule has 4 fully saturated rings. The van der Waals surface area contributed by atoms with Crippen molar-refractivity contribution in [2.45, 2.75) is 49.0 Å². The van der Waals surface area contributed by atoms with Gasteiger partial charge in [0.05, 0.1) is 29.2 Å². The first kappa shape index (κ1) is 18.5. The predicted octanol–water partition coefficient (Wildman–Crippen LogP) is 3.61. The lowest BCUT2D eigenvalue weighted by Gasteiger charge is -2.56. The molecule has 4 saturated carbocycles. The van der Waals surface area contributed by atoms with Crippen LogP contribution in [-0.2, 0) is 14.8 Å². The lowest BCUT2D eigenvalue weighted by molar-refractivity contribution is -0.160. The van der Waals surface area contributed by atoms with Crippen molar-refractivity contribution >= 4 is 21.6 Å². The molecular formula is C19H26ClNO4S. The number of hydrogen-bond donors (Lipinski definition) is 1. The highest BCUT2D eigenvalue weighted by atomic mass is 35.5. The Labute approximate surface area is 160 Å². The zero-order chi connectivity index (χ0) is 18.4. The molecule has 26 heavy (non-hydrogen) atoms. The van der Waals surface area contributed by atoms with Crippen molar-refractivity contribution in [1.29, 1.82) is 0 Å². The summed E-state index contributed by atoms with van der Waals surface area (Å²) in [5.41, 5.74) is 0.00366. The summed E-state index contributed by atoms with van der Waals surface area (Å²) in [6.45, 7) is 0.686. The molecule has 7 heteroatoms. The zero-order valence-electron chi connectivity index (χ0n) is 15.0. The zero-order valence-corrected chi connectivity index (χ0v) is 16.6. The van der Waals surface area contributed by atoms with E-state index in [9.17, 15) is 8.42 Å². The van der Waals surface area contributed by atoms with Crippen LogP contribution in [0, 0.1) is 17.8 Å². The fraction of sp³-hybridized carbons (Fsp3) is 0.684. The predicted molar refractivity (Wildman–Crippen MR) is 100 cm³/mol. The van der Waals surface area contributed by atoms with Gasteiger partial charge in [-0.05, 0) is 68.4 Å². The third-order valence-electron chi connectivity index (χ3n) is 6.22. The normalized spacial score (nSPS) is 32.8. The average Bonchev–Trinajstić information content (AvgIpc) is 2.58. The van der Waals surface area contributed by atoms with Crippen molar-refractivity contribution in [1.82, 2.24) is 4.72 Å². The van der Waals surface area contributed by atoms with Gasteiger partial charge in [-0.15, -0.1) is 0 Å². The second-order valence-electron chi connectivity index (χ2n) is 8.14. The average molecular weight is 400 g/mol. The molecule has 0 aliphatic heterocycles. The number of hydrogen-bond acceptors (Lipinski definition) is 4. The summed E-state index contributed by atoms with van der Waals surface area (Å²) in [4.78, 5) is 0.147. The smallest absolute Gasteiger partial charge is 0.240 e. The fourth-order valence-electron chi connectivity index (χ4n) is 5.54. The first-order chi connectivity index (χ1) is 12.4. The summed E-state index contributed by atoms with van der Waals surface area (Å²) in [6, 6.07) is 4.44. The van der Waals surface area contributed by atoms with Gasteiger partial charge in [0.15, 0.2) is 0 Å². The van der Waals surface area contributed by atoms with Crippen molar-refractivity contribution in [3.63, 3.8) is 0 Å². The number of methoxy groups -OCH3 is 1. The van der Waals surface area contributed by atoms with Crippen LogP contribution in [0.25, 0.3) is 0 Å². The first-order valence-corrected chi connectivity index (χ1v) is 11.2. The Bertz CT molecular complexity index is 744. The van der Waals surface area contributed by atoms with Gasteiger partial charge in [0.25, 0.3) is 0 Å². The monoisotopic (exact) mass is 399 g/mol. The lowest BCUT2D eigenvalue weighted by Crippen LogP contribution is -2.52. The van der Waals surface area contributed by atoms with Crippen LogP contribution < -0.4 is 9.46 Å². The lowest BCUT2D eigenvalue weighted by atomic mass is 9.54. The van der Waals surface area contributed by atoms with Crippen LogP contribution in [-0.4, -0.2) is 34.3 Å². The number of benzene rings is 1. The number of nitrogens with one attached hydrogen (secondary N) is 1. The largest absolute Gasteiger partial charge is 0.495 e. The molecular weight excluding hydrogens is 374 g/mol. The molecule has 0 amide bonds. The summed E-state index contributed by atoms with van der Waals surface area (Å²) in [5.74, 6) is 2.80. The summed E-state index contributed by atoms with van der Waals surface area (Å²) >= 11 is 5.96. The van der Waals surface area contributed by atoms with Crippen LogP contribution in [0.2, 0.25) is 5.02 Å². The summed E-state index contributed by atoms with van der Waals surface area (Å²) in [5, 5.41) is 0.386. The van der Waals surface area contributed by atoms with Gasteiger partial charge in [-0.1, -0.05) is 11.6 Å². The van der Waals surface area contributed by atoms with E-state index in [1.807, 2.05) is 0 Å². The SMILES string of the molecule is COc1cc(S(=O)(=O)NCCOC23CC4CC(CC(C4)C2)C3)ccc1Cl. The molecule has 0 spiro atoms. The molecule has 5 rings (SSSR count). The number of sulfonamides is 1. The molecule has 144 valence electrons. The maximum atomic E-state index is 12.5. The Morgan fingerprint density at radius 2 is 1.77 bits per heavy atom. The summed E-state index contributed by atoms with van der Waals surface area (Å²) < 4.78 is 38.9. The molecule has 0 heterocycles. The van der Waals surface area contributed by atoms with Gasteiger partial charge in [0.1, 0.15) is 5.75 Å². The van der Waals surface area contributed by atoms with Crippen LogP contribution in [0.5, 0.6) is 5.75 Å². The fourth-order valence-corrected chi connectivity index (χ4v) is 6.76. The standard InChI is InChI=1S/C19H26ClNO4S/c1-24-18-9-16(2-3-17(18)20)26(22,23)21-4-5-25-19-10-13-6-14(11-19)8-15(7-13)12-19/h2-3,9,13-15,21H,4-8,10-12H2,1H3. The second kappa shape index (κ2) is 6.97. The molecule has 1 aromatic rings. The maximum Gasteiger partial charge on any atom is 0.240 e. The minimum Gasteiger partial charge on any atom is -0.495 e. The molecule has 0 radical (unpaired) electrons. The molecule has 0 aromatic heterocycles. The van der Waals surface area contributed by atoms with Gasteiger partial charge in [0, 0.05) is 12.6 Å². The van der Waals surface area contributed by atoms with E-state index in [1.165, 1.54) is 44.6 Å². The molecule has 0 atom stereocenters. The molecule has 1 N–H and O–H groups in total. The topological polar surface area (TPSA) is 64.6 Å². The van der Waals surface area contributed by atoms with Crippen LogP contribution >= 0.6 is 11.6 Å². The van der Waals surface area contributed by atoms with Crippen molar-refractivity contribution in [3.05, 3.63) is 23.2 Å². The number of ether oxygens (including phenoxy) is 2. The number of halogens is 1. The van der Waals surface area contributed by atoms with Crippen molar-refractivity contribution in [3.8, 4) is 5.75 Å². The third kappa shape index (κ3) is 3.61. The summed E-state index contributed by atoms with van der Waals surface area (Å²) in [7, 11) is -2.14. The first-order valence-electron chi connectivity index (χ1n) is 9.36. The molecule has 5 nitrogen and oxygen atoms in total. The second-order valence-corrected chi connectivity index (χ2v) is 10.3. The minimum absolute atomic E-state index is 0.00366. The Hall–Kier alpha value is -0.820. The highest BCUT2D eigenvalue weighted by molar-refractivity contribution is 7.89. The Balaban J connectivity index is 1.33. The maximum absolute atomic E-state index is 12.5.